The van der Waals surface area contributed by atoms with Crippen LogP contribution in [0.5, 0.6) is 0 Å². The maximum absolute atomic E-state index is 12.1. The number of urea groups is 1. The predicted octanol–water partition coefficient (Wildman–Crippen LogP) is 1.26. The van der Waals surface area contributed by atoms with E-state index in [0.29, 0.717) is 31.2 Å². The maximum Gasteiger partial charge on any atom is 0.326 e. The number of rotatable bonds is 7. The van der Waals surface area contributed by atoms with Gasteiger partial charge in [-0.1, -0.05) is 0 Å². The number of piperidine rings is 1. The summed E-state index contributed by atoms with van der Waals surface area (Å²) < 4.78 is 5.12. The third kappa shape index (κ3) is 5.58. The van der Waals surface area contributed by atoms with Crippen LogP contribution in [0.25, 0.3) is 0 Å². The summed E-state index contributed by atoms with van der Waals surface area (Å²) in [6.45, 7) is 2.05. The first-order valence-electron chi connectivity index (χ1n) is 6.84. The van der Waals surface area contributed by atoms with Crippen molar-refractivity contribution in [2.24, 2.45) is 5.92 Å². The number of nitrogens with zero attached hydrogens (tertiary/aromatic N) is 1. The zero-order valence-corrected chi connectivity index (χ0v) is 12.9. The lowest BCUT2D eigenvalue weighted by molar-refractivity contribution is -0.139. The monoisotopic (exact) mass is 304 g/mol. The Kier molecular flexibility index (Phi) is 7.76. The van der Waals surface area contributed by atoms with Crippen LogP contribution in [0.2, 0.25) is 0 Å². The van der Waals surface area contributed by atoms with Crippen molar-refractivity contribution >= 4 is 23.8 Å². The minimum absolute atomic E-state index is 0.269. The van der Waals surface area contributed by atoms with Gasteiger partial charge in [-0.2, -0.15) is 11.8 Å². The summed E-state index contributed by atoms with van der Waals surface area (Å²) in [6.07, 6.45) is 4.18. The molecule has 1 aliphatic heterocycles. The van der Waals surface area contributed by atoms with Gasteiger partial charge in [0.1, 0.15) is 6.04 Å². The minimum atomic E-state index is -0.971. The van der Waals surface area contributed by atoms with E-state index < -0.39 is 12.0 Å². The molecule has 1 aliphatic rings. The molecule has 0 aromatic rings. The average Bonchev–Trinajstić information content (AvgIpc) is 2.44. The number of carbonyl (C=O) groups is 2. The third-order valence-electron chi connectivity index (χ3n) is 3.51. The molecule has 0 aliphatic carbocycles. The molecule has 6 nitrogen and oxygen atoms in total. The van der Waals surface area contributed by atoms with Gasteiger partial charge >= 0.3 is 12.0 Å². The van der Waals surface area contributed by atoms with Crippen molar-refractivity contribution in [2.45, 2.75) is 25.3 Å². The average molecular weight is 304 g/mol. The SMILES string of the molecule is COCC1CCN(C(=O)NC(CCSC)C(=O)O)CC1. The largest absolute Gasteiger partial charge is 0.480 e. The number of likely N-dealkylation sites (tertiary alicyclic amines) is 1. The van der Waals surface area contributed by atoms with E-state index in [1.165, 1.54) is 0 Å². The second-order valence-electron chi connectivity index (χ2n) is 5.01. The molecule has 1 rings (SSSR count). The Morgan fingerprint density at radius 2 is 2.10 bits per heavy atom. The summed E-state index contributed by atoms with van der Waals surface area (Å²) in [5.74, 6) is 0.241. The van der Waals surface area contributed by atoms with Gasteiger partial charge in [-0.15, -0.1) is 0 Å². The van der Waals surface area contributed by atoms with E-state index in [1.54, 1.807) is 23.8 Å². The number of hydrogen-bond acceptors (Lipinski definition) is 4. The third-order valence-corrected chi connectivity index (χ3v) is 4.15. The number of hydrogen-bond donors (Lipinski definition) is 2. The molecule has 0 radical (unpaired) electrons. The first-order valence-corrected chi connectivity index (χ1v) is 8.24. The molecule has 1 saturated heterocycles. The molecule has 0 saturated carbocycles. The van der Waals surface area contributed by atoms with Crippen LogP contribution in [0.15, 0.2) is 0 Å². The lowest BCUT2D eigenvalue weighted by Crippen LogP contribution is -2.50. The highest BCUT2D eigenvalue weighted by Crippen LogP contribution is 2.17. The Labute approximate surface area is 124 Å². The smallest absolute Gasteiger partial charge is 0.326 e. The summed E-state index contributed by atoms with van der Waals surface area (Å²) >= 11 is 1.57. The van der Waals surface area contributed by atoms with Crippen molar-refractivity contribution in [2.75, 3.05) is 38.8 Å². The summed E-state index contributed by atoms with van der Waals surface area (Å²) in [5.41, 5.74) is 0. The molecule has 7 heteroatoms. The normalized spacial score (nSPS) is 17.8. The highest BCUT2D eigenvalue weighted by molar-refractivity contribution is 7.98. The fraction of sp³-hybridized carbons (Fsp3) is 0.846. The molecule has 1 atom stereocenters. The van der Waals surface area contributed by atoms with E-state index in [1.807, 2.05) is 6.26 Å². The van der Waals surface area contributed by atoms with Gasteiger partial charge < -0.3 is 20.1 Å². The van der Waals surface area contributed by atoms with Gasteiger partial charge in [0.15, 0.2) is 0 Å². The molecular weight excluding hydrogens is 280 g/mol. The van der Waals surface area contributed by atoms with Crippen LogP contribution in [-0.4, -0.2) is 66.9 Å². The number of ether oxygens (including phenoxy) is 1. The number of amides is 2. The number of carboxylic acid groups (broad SMARTS) is 1. The molecule has 1 fully saturated rings. The van der Waals surface area contributed by atoms with Crippen LogP contribution >= 0.6 is 11.8 Å². The number of carbonyl (C=O) groups excluding carboxylic acids is 1. The summed E-state index contributed by atoms with van der Waals surface area (Å²) in [4.78, 5) is 24.9. The second-order valence-corrected chi connectivity index (χ2v) is 5.99. The zero-order valence-electron chi connectivity index (χ0n) is 12.1. The first kappa shape index (κ1) is 17.1. The van der Waals surface area contributed by atoms with E-state index in [9.17, 15) is 9.59 Å². The molecule has 0 bridgehead atoms. The van der Waals surface area contributed by atoms with Crippen molar-refractivity contribution < 1.29 is 19.4 Å². The Balaban J connectivity index is 2.39. The van der Waals surface area contributed by atoms with E-state index in [-0.39, 0.29) is 6.03 Å². The van der Waals surface area contributed by atoms with Gasteiger partial charge in [0.25, 0.3) is 0 Å². The zero-order chi connectivity index (χ0) is 15.0. The molecule has 2 N–H and O–H groups in total. The van der Waals surface area contributed by atoms with Gasteiger partial charge in [0.2, 0.25) is 0 Å². The summed E-state index contributed by atoms with van der Waals surface area (Å²) in [6, 6.07) is -1.07. The van der Waals surface area contributed by atoms with Crippen LogP contribution in [0, 0.1) is 5.92 Å². The van der Waals surface area contributed by atoms with Gasteiger partial charge in [0, 0.05) is 26.8 Å². The predicted molar refractivity (Wildman–Crippen MR) is 79.1 cm³/mol. The molecule has 1 heterocycles. The van der Waals surface area contributed by atoms with Crippen LogP contribution in [0.1, 0.15) is 19.3 Å². The lowest BCUT2D eigenvalue weighted by atomic mass is 9.98. The fourth-order valence-electron chi connectivity index (χ4n) is 2.27. The maximum atomic E-state index is 12.1. The first-order chi connectivity index (χ1) is 9.58. The number of aliphatic carboxylic acids is 1. The van der Waals surface area contributed by atoms with E-state index >= 15 is 0 Å². The Hall–Kier alpha value is -0.950. The Morgan fingerprint density at radius 3 is 2.60 bits per heavy atom. The Morgan fingerprint density at radius 1 is 1.45 bits per heavy atom. The van der Waals surface area contributed by atoms with Gasteiger partial charge in [0.05, 0.1) is 0 Å². The molecule has 0 spiro atoms. The standard InChI is InChI=1S/C13H24N2O4S/c1-19-9-10-3-6-15(7-4-10)13(18)14-11(12(16)17)5-8-20-2/h10-11H,3-9H2,1-2H3,(H,14,18)(H,16,17). The molecule has 2 amide bonds. The Bertz CT molecular complexity index is 319. The van der Waals surface area contributed by atoms with Crippen molar-refractivity contribution in [1.82, 2.24) is 10.2 Å². The fourth-order valence-corrected chi connectivity index (χ4v) is 2.74. The van der Waals surface area contributed by atoms with Crippen LogP contribution in [-0.2, 0) is 9.53 Å². The molecule has 20 heavy (non-hydrogen) atoms. The summed E-state index contributed by atoms with van der Waals surface area (Å²) in [7, 11) is 1.68. The second kappa shape index (κ2) is 9.07. The highest BCUT2D eigenvalue weighted by Gasteiger charge is 2.26. The molecule has 116 valence electrons. The van der Waals surface area contributed by atoms with E-state index in [2.05, 4.69) is 5.32 Å². The van der Waals surface area contributed by atoms with E-state index in [0.717, 1.165) is 19.4 Å². The van der Waals surface area contributed by atoms with Crippen molar-refractivity contribution in [1.29, 1.82) is 0 Å². The van der Waals surface area contributed by atoms with Gasteiger partial charge in [-0.3, -0.25) is 0 Å². The number of methoxy groups -OCH3 is 1. The lowest BCUT2D eigenvalue weighted by Gasteiger charge is -2.32. The van der Waals surface area contributed by atoms with Crippen LogP contribution < -0.4 is 5.32 Å². The van der Waals surface area contributed by atoms with Crippen molar-refractivity contribution in [3.05, 3.63) is 0 Å². The molecular formula is C13H24N2O4S. The van der Waals surface area contributed by atoms with Gasteiger partial charge in [-0.05, 0) is 37.2 Å². The van der Waals surface area contributed by atoms with Crippen molar-refractivity contribution in [3.8, 4) is 0 Å². The number of nitrogens with one attached hydrogen (secondary N) is 1. The topological polar surface area (TPSA) is 78.9 Å². The quantitative estimate of drug-likeness (QED) is 0.740. The van der Waals surface area contributed by atoms with Crippen LogP contribution in [0.4, 0.5) is 4.79 Å². The number of thioether (sulfide) groups is 1. The molecule has 1 unspecified atom stereocenters. The highest BCUT2D eigenvalue weighted by atomic mass is 32.2. The van der Waals surface area contributed by atoms with Crippen LogP contribution in [0.3, 0.4) is 0 Å². The minimum Gasteiger partial charge on any atom is -0.480 e. The number of carboxylic acids is 1. The van der Waals surface area contributed by atoms with E-state index in [4.69, 9.17) is 9.84 Å². The van der Waals surface area contributed by atoms with Crippen molar-refractivity contribution in [3.63, 3.8) is 0 Å². The molecule has 0 aromatic carbocycles. The summed E-state index contributed by atoms with van der Waals surface area (Å²) in [5, 5.41) is 11.7. The molecule has 0 aromatic heterocycles. The van der Waals surface area contributed by atoms with Gasteiger partial charge in [-0.25, -0.2) is 9.59 Å².